The minimum absolute atomic E-state index is 0.171. The van der Waals surface area contributed by atoms with E-state index in [4.69, 9.17) is 5.73 Å². The van der Waals surface area contributed by atoms with E-state index < -0.39 is 0 Å². The third-order valence-corrected chi connectivity index (χ3v) is 3.39. The number of halogens is 2. The van der Waals surface area contributed by atoms with Gasteiger partial charge < -0.3 is 5.73 Å². The zero-order valence-electron chi connectivity index (χ0n) is 10.3. The number of rotatable bonds is 3. The molecule has 0 amide bonds. The highest BCUT2D eigenvalue weighted by atomic mass is 79.9. The fraction of sp³-hybridized carbons (Fsp3) is 0.308. The molecule has 0 spiro atoms. The number of nitrogens with two attached hydrogens (primary N) is 1. The van der Waals surface area contributed by atoms with Crippen molar-refractivity contribution < 1.29 is 4.39 Å². The minimum Gasteiger partial charge on any atom is -0.322 e. The van der Waals surface area contributed by atoms with Crippen molar-refractivity contribution in [2.75, 3.05) is 0 Å². The lowest BCUT2D eigenvalue weighted by molar-refractivity contribution is 0.494. The van der Waals surface area contributed by atoms with E-state index in [1.54, 1.807) is 29.2 Å². The normalized spacial score (nSPS) is 13.0. The van der Waals surface area contributed by atoms with Crippen LogP contribution in [0.25, 0.3) is 5.69 Å². The number of aromatic nitrogens is 2. The zero-order chi connectivity index (χ0) is 13.3. The predicted octanol–water partition coefficient (Wildman–Crippen LogP) is 3.43. The molecule has 3 nitrogen and oxygen atoms in total. The minimum atomic E-state index is -0.306. The lowest BCUT2D eigenvalue weighted by Gasteiger charge is -2.18. The Morgan fingerprint density at radius 3 is 2.72 bits per heavy atom. The van der Waals surface area contributed by atoms with Crippen molar-refractivity contribution in [2.45, 2.75) is 19.9 Å². The van der Waals surface area contributed by atoms with Crippen LogP contribution in [0.15, 0.2) is 35.2 Å². The summed E-state index contributed by atoms with van der Waals surface area (Å²) in [6.45, 7) is 4.06. The highest BCUT2D eigenvalue weighted by molar-refractivity contribution is 9.10. The Kier molecular flexibility index (Phi) is 3.82. The molecule has 2 aromatic rings. The van der Waals surface area contributed by atoms with Crippen LogP contribution in [0.1, 0.15) is 25.6 Å². The van der Waals surface area contributed by atoms with Gasteiger partial charge in [0.2, 0.25) is 0 Å². The van der Waals surface area contributed by atoms with Crippen molar-refractivity contribution in [1.29, 1.82) is 0 Å². The van der Waals surface area contributed by atoms with E-state index in [2.05, 4.69) is 20.9 Å². The molecule has 2 N–H and O–H groups in total. The second kappa shape index (κ2) is 5.20. The van der Waals surface area contributed by atoms with Crippen LogP contribution in [0, 0.1) is 11.7 Å². The highest BCUT2D eigenvalue weighted by Gasteiger charge is 2.17. The van der Waals surface area contributed by atoms with E-state index in [0.29, 0.717) is 10.2 Å². The van der Waals surface area contributed by atoms with Crippen LogP contribution in [0.5, 0.6) is 0 Å². The van der Waals surface area contributed by atoms with Gasteiger partial charge >= 0.3 is 0 Å². The summed E-state index contributed by atoms with van der Waals surface area (Å²) in [6.07, 6.45) is 3.27. The Morgan fingerprint density at radius 2 is 2.11 bits per heavy atom. The summed E-state index contributed by atoms with van der Waals surface area (Å²) < 4.78 is 16.3. The van der Waals surface area contributed by atoms with E-state index in [1.807, 2.05) is 13.8 Å². The van der Waals surface area contributed by atoms with Gasteiger partial charge in [-0.25, -0.2) is 9.37 Å². The average molecular weight is 312 g/mol. The second-order valence-electron chi connectivity index (χ2n) is 4.55. The quantitative estimate of drug-likeness (QED) is 0.943. The fourth-order valence-electron chi connectivity index (χ4n) is 1.77. The summed E-state index contributed by atoms with van der Waals surface area (Å²) in [5.74, 6) is -0.0430. The van der Waals surface area contributed by atoms with Gasteiger partial charge in [-0.05, 0) is 24.1 Å². The van der Waals surface area contributed by atoms with Crippen LogP contribution < -0.4 is 5.73 Å². The van der Waals surface area contributed by atoms with Gasteiger partial charge in [-0.2, -0.15) is 0 Å². The van der Waals surface area contributed by atoms with Crippen molar-refractivity contribution in [1.82, 2.24) is 9.55 Å². The van der Waals surface area contributed by atoms with Crippen LogP contribution in [0.4, 0.5) is 4.39 Å². The molecule has 0 bridgehead atoms. The number of hydrogen-bond donors (Lipinski definition) is 1. The lowest BCUT2D eigenvalue weighted by atomic mass is 10.0. The van der Waals surface area contributed by atoms with Crippen LogP contribution in [0.2, 0.25) is 0 Å². The fourth-order valence-corrected chi connectivity index (χ4v) is 2.10. The molecule has 1 heterocycles. The van der Waals surface area contributed by atoms with Gasteiger partial charge in [-0.3, -0.25) is 4.57 Å². The van der Waals surface area contributed by atoms with E-state index in [0.717, 1.165) is 5.69 Å². The molecular weight excluding hydrogens is 297 g/mol. The molecule has 18 heavy (non-hydrogen) atoms. The number of hydrogen-bond acceptors (Lipinski definition) is 2. The van der Waals surface area contributed by atoms with E-state index in [-0.39, 0.29) is 17.8 Å². The molecular formula is C13H15BrFN3. The van der Waals surface area contributed by atoms with Crippen molar-refractivity contribution >= 4 is 15.9 Å². The van der Waals surface area contributed by atoms with Gasteiger partial charge in [-0.15, -0.1) is 0 Å². The first-order valence-electron chi connectivity index (χ1n) is 5.74. The standard InChI is InChI=1S/C13H15BrFN3/c1-8(2)13(16)12-6-17-7-18(12)11-4-3-9(14)5-10(11)15/h3-8,13H,16H2,1-2H3. The van der Waals surface area contributed by atoms with Crippen LogP contribution in [-0.2, 0) is 0 Å². The molecule has 96 valence electrons. The van der Waals surface area contributed by atoms with Crippen molar-refractivity contribution in [2.24, 2.45) is 11.7 Å². The topological polar surface area (TPSA) is 43.8 Å². The highest BCUT2D eigenvalue weighted by Crippen LogP contribution is 2.24. The van der Waals surface area contributed by atoms with Crippen LogP contribution in [-0.4, -0.2) is 9.55 Å². The van der Waals surface area contributed by atoms with E-state index in [1.165, 1.54) is 6.07 Å². The number of imidazole rings is 1. The Morgan fingerprint density at radius 1 is 1.39 bits per heavy atom. The molecule has 1 atom stereocenters. The third kappa shape index (κ3) is 2.47. The Bertz CT molecular complexity index is 551. The SMILES string of the molecule is CC(C)C(N)c1cncn1-c1ccc(Br)cc1F. The number of nitrogens with zero attached hydrogens (tertiary/aromatic N) is 2. The molecule has 0 radical (unpaired) electrons. The zero-order valence-corrected chi connectivity index (χ0v) is 11.9. The summed E-state index contributed by atoms with van der Waals surface area (Å²) in [5, 5.41) is 0. The predicted molar refractivity (Wildman–Crippen MR) is 73.0 cm³/mol. The van der Waals surface area contributed by atoms with Crippen LogP contribution >= 0.6 is 15.9 Å². The molecule has 1 aromatic carbocycles. The summed E-state index contributed by atoms with van der Waals surface area (Å²) in [7, 11) is 0. The molecule has 1 aromatic heterocycles. The maximum atomic E-state index is 13.9. The first kappa shape index (κ1) is 13.2. The lowest BCUT2D eigenvalue weighted by Crippen LogP contribution is -2.20. The van der Waals surface area contributed by atoms with Crippen molar-refractivity contribution in [3.63, 3.8) is 0 Å². The molecule has 0 aliphatic heterocycles. The van der Waals surface area contributed by atoms with E-state index in [9.17, 15) is 4.39 Å². The van der Waals surface area contributed by atoms with Gasteiger partial charge in [0.1, 0.15) is 5.82 Å². The molecule has 0 saturated heterocycles. The molecule has 0 aliphatic carbocycles. The maximum absolute atomic E-state index is 13.9. The third-order valence-electron chi connectivity index (χ3n) is 2.90. The first-order valence-corrected chi connectivity index (χ1v) is 6.53. The van der Waals surface area contributed by atoms with Gasteiger partial charge in [-0.1, -0.05) is 29.8 Å². The summed E-state index contributed by atoms with van der Waals surface area (Å²) in [6, 6.07) is 4.76. The molecule has 0 aliphatic rings. The summed E-state index contributed by atoms with van der Waals surface area (Å²) in [5.41, 5.74) is 7.38. The van der Waals surface area contributed by atoms with Crippen molar-refractivity contribution in [3.05, 3.63) is 46.7 Å². The number of benzene rings is 1. The average Bonchev–Trinajstić information content (AvgIpc) is 2.76. The monoisotopic (exact) mass is 311 g/mol. The summed E-state index contributed by atoms with van der Waals surface area (Å²) in [4.78, 5) is 4.07. The molecule has 0 saturated carbocycles. The Labute approximate surface area is 114 Å². The van der Waals surface area contributed by atoms with Gasteiger partial charge in [0.05, 0.1) is 23.9 Å². The molecule has 0 fully saturated rings. The largest absolute Gasteiger partial charge is 0.322 e. The smallest absolute Gasteiger partial charge is 0.148 e. The Hall–Kier alpha value is -1.20. The molecule has 1 unspecified atom stereocenters. The maximum Gasteiger partial charge on any atom is 0.148 e. The molecule has 2 rings (SSSR count). The van der Waals surface area contributed by atoms with Gasteiger partial charge in [0, 0.05) is 10.5 Å². The van der Waals surface area contributed by atoms with Gasteiger partial charge in [0.15, 0.2) is 0 Å². The second-order valence-corrected chi connectivity index (χ2v) is 5.47. The summed E-state index contributed by atoms with van der Waals surface area (Å²) >= 11 is 3.24. The van der Waals surface area contributed by atoms with E-state index >= 15 is 0 Å². The van der Waals surface area contributed by atoms with Crippen LogP contribution in [0.3, 0.4) is 0 Å². The Balaban J connectivity index is 2.49. The molecule has 5 heteroatoms. The van der Waals surface area contributed by atoms with Gasteiger partial charge in [0.25, 0.3) is 0 Å². The first-order chi connectivity index (χ1) is 8.50. The van der Waals surface area contributed by atoms with Crippen molar-refractivity contribution in [3.8, 4) is 5.69 Å².